The lowest BCUT2D eigenvalue weighted by Crippen LogP contribution is -2.39. The smallest absolute Gasteiger partial charge is 0.151 e. The fourth-order valence-electron chi connectivity index (χ4n) is 1.92. The fourth-order valence-corrected chi connectivity index (χ4v) is 1.92. The van der Waals surface area contributed by atoms with Gasteiger partial charge in [-0.2, -0.15) is 0 Å². The quantitative estimate of drug-likeness (QED) is 0.836. The van der Waals surface area contributed by atoms with Crippen molar-refractivity contribution in [1.82, 2.24) is 4.90 Å². The molecule has 1 heterocycles. The first-order valence-electron chi connectivity index (χ1n) is 5.81. The van der Waals surface area contributed by atoms with Crippen LogP contribution in [0.4, 0.5) is 4.39 Å². The molecule has 0 aromatic heterocycles. The standard InChI is InChI=1S/C13H16FNO2.ClH/c14-13-4-2-1-3-11(13)9-12(16)10-15-5-7-17-8-6-15;/h1-4H,5-10H2;1H. The molecular formula is C13H17ClFNO2. The minimum absolute atomic E-state index is 0. The van der Waals surface area contributed by atoms with E-state index in [0.29, 0.717) is 25.3 Å². The zero-order chi connectivity index (χ0) is 12.1. The number of ketones is 1. The lowest BCUT2D eigenvalue weighted by Gasteiger charge is -2.25. The molecule has 1 saturated heterocycles. The van der Waals surface area contributed by atoms with Crippen molar-refractivity contribution in [2.75, 3.05) is 32.8 Å². The van der Waals surface area contributed by atoms with Gasteiger partial charge in [0, 0.05) is 19.5 Å². The predicted octanol–water partition coefficient (Wildman–Crippen LogP) is 1.69. The topological polar surface area (TPSA) is 29.5 Å². The summed E-state index contributed by atoms with van der Waals surface area (Å²) >= 11 is 0. The highest BCUT2D eigenvalue weighted by molar-refractivity contribution is 5.85. The van der Waals surface area contributed by atoms with Crippen molar-refractivity contribution in [2.45, 2.75) is 6.42 Å². The second-order valence-electron chi connectivity index (χ2n) is 4.20. The van der Waals surface area contributed by atoms with Gasteiger partial charge in [0.25, 0.3) is 0 Å². The Morgan fingerprint density at radius 1 is 1.28 bits per heavy atom. The first-order valence-corrected chi connectivity index (χ1v) is 5.81. The van der Waals surface area contributed by atoms with Crippen LogP contribution in [-0.4, -0.2) is 43.5 Å². The number of carbonyl (C=O) groups is 1. The number of halogens is 2. The normalized spacial score (nSPS) is 16.1. The second kappa shape index (κ2) is 7.46. The van der Waals surface area contributed by atoms with Crippen LogP contribution in [0.2, 0.25) is 0 Å². The van der Waals surface area contributed by atoms with Gasteiger partial charge in [0.1, 0.15) is 5.82 Å². The monoisotopic (exact) mass is 273 g/mol. The number of nitrogens with zero attached hydrogens (tertiary/aromatic N) is 1. The van der Waals surface area contributed by atoms with E-state index in [2.05, 4.69) is 0 Å². The molecular weight excluding hydrogens is 257 g/mol. The Bertz CT molecular complexity index is 394. The fraction of sp³-hybridized carbons (Fsp3) is 0.462. The zero-order valence-corrected chi connectivity index (χ0v) is 10.9. The van der Waals surface area contributed by atoms with Gasteiger partial charge in [-0.3, -0.25) is 9.69 Å². The van der Waals surface area contributed by atoms with Crippen molar-refractivity contribution in [3.8, 4) is 0 Å². The average molecular weight is 274 g/mol. The number of rotatable bonds is 4. The highest BCUT2D eigenvalue weighted by Crippen LogP contribution is 2.08. The minimum atomic E-state index is -0.303. The van der Waals surface area contributed by atoms with Gasteiger partial charge in [0.2, 0.25) is 0 Å². The lowest BCUT2D eigenvalue weighted by atomic mass is 10.1. The van der Waals surface area contributed by atoms with E-state index in [9.17, 15) is 9.18 Å². The van der Waals surface area contributed by atoms with Crippen molar-refractivity contribution in [2.24, 2.45) is 0 Å². The third-order valence-electron chi connectivity index (χ3n) is 2.85. The average Bonchev–Trinajstić information content (AvgIpc) is 2.33. The molecule has 1 aliphatic heterocycles. The molecule has 0 saturated carbocycles. The molecule has 1 aromatic carbocycles. The van der Waals surface area contributed by atoms with Crippen LogP contribution in [0.25, 0.3) is 0 Å². The minimum Gasteiger partial charge on any atom is -0.379 e. The molecule has 0 bridgehead atoms. The van der Waals surface area contributed by atoms with Gasteiger partial charge in [0.15, 0.2) is 5.78 Å². The maximum atomic E-state index is 13.3. The third kappa shape index (κ3) is 4.37. The van der Waals surface area contributed by atoms with Gasteiger partial charge < -0.3 is 4.74 Å². The molecule has 0 aliphatic carbocycles. The number of ether oxygens (including phenoxy) is 1. The van der Waals surface area contributed by atoms with Crippen molar-refractivity contribution in [3.05, 3.63) is 35.6 Å². The first kappa shape index (κ1) is 15.1. The Hall–Kier alpha value is -0.970. The van der Waals surface area contributed by atoms with Crippen molar-refractivity contribution >= 4 is 18.2 Å². The molecule has 1 aromatic rings. The molecule has 18 heavy (non-hydrogen) atoms. The van der Waals surface area contributed by atoms with Crippen LogP contribution in [0, 0.1) is 5.82 Å². The van der Waals surface area contributed by atoms with E-state index in [1.165, 1.54) is 6.07 Å². The third-order valence-corrected chi connectivity index (χ3v) is 2.85. The van der Waals surface area contributed by atoms with Gasteiger partial charge in [-0.25, -0.2) is 4.39 Å². The Balaban J connectivity index is 0.00000162. The van der Waals surface area contributed by atoms with E-state index in [1.54, 1.807) is 18.2 Å². The van der Waals surface area contributed by atoms with Crippen LogP contribution in [-0.2, 0) is 16.0 Å². The summed E-state index contributed by atoms with van der Waals surface area (Å²) in [7, 11) is 0. The van der Waals surface area contributed by atoms with Crippen molar-refractivity contribution in [1.29, 1.82) is 0 Å². The van der Waals surface area contributed by atoms with Gasteiger partial charge in [-0.05, 0) is 11.6 Å². The van der Waals surface area contributed by atoms with Crippen LogP contribution >= 0.6 is 12.4 Å². The SMILES string of the molecule is Cl.O=C(Cc1ccccc1F)CN1CCOCC1. The highest BCUT2D eigenvalue weighted by atomic mass is 35.5. The van der Waals surface area contributed by atoms with E-state index in [4.69, 9.17) is 4.74 Å². The molecule has 1 aliphatic rings. The maximum absolute atomic E-state index is 13.3. The Morgan fingerprint density at radius 2 is 1.94 bits per heavy atom. The molecule has 0 spiro atoms. The Morgan fingerprint density at radius 3 is 2.61 bits per heavy atom. The van der Waals surface area contributed by atoms with Gasteiger partial charge in [0.05, 0.1) is 19.8 Å². The van der Waals surface area contributed by atoms with Gasteiger partial charge in [-0.15, -0.1) is 12.4 Å². The molecule has 0 amide bonds. The molecule has 0 atom stereocenters. The highest BCUT2D eigenvalue weighted by Gasteiger charge is 2.15. The van der Waals surface area contributed by atoms with Crippen LogP contribution in [0.5, 0.6) is 0 Å². The molecule has 0 unspecified atom stereocenters. The Labute approximate surface area is 112 Å². The van der Waals surface area contributed by atoms with E-state index in [0.717, 1.165) is 13.1 Å². The number of hydrogen-bond acceptors (Lipinski definition) is 3. The van der Waals surface area contributed by atoms with Gasteiger partial charge in [-0.1, -0.05) is 18.2 Å². The number of benzene rings is 1. The van der Waals surface area contributed by atoms with Crippen LogP contribution < -0.4 is 0 Å². The first-order chi connectivity index (χ1) is 8.25. The summed E-state index contributed by atoms with van der Waals surface area (Å²) in [5.74, 6) is -0.250. The van der Waals surface area contributed by atoms with Gasteiger partial charge >= 0.3 is 0 Å². The van der Waals surface area contributed by atoms with Crippen LogP contribution in [0.3, 0.4) is 0 Å². The molecule has 0 N–H and O–H groups in total. The zero-order valence-electron chi connectivity index (χ0n) is 10.1. The summed E-state index contributed by atoms with van der Waals surface area (Å²) in [6.07, 6.45) is 0.171. The molecule has 3 nitrogen and oxygen atoms in total. The summed E-state index contributed by atoms with van der Waals surface area (Å²) in [6, 6.07) is 6.43. The molecule has 2 rings (SSSR count). The summed E-state index contributed by atoms with van der Waals surface area (Å²) in [6.45, 7) is 3.30. The predicted molar refractivity (Wildman–Crippen MR) is 69.6 cm³/mol. The summed E-state index contributed by atoms with van der Waals surface area (Å²) in [5, 5.41) is 0. The molecule has 0 radical (unpaired) electrons. The molecule has 1 fully saturated rings. The Kier molecular flexibility index (Phi) is 6.25. The number of morpholine rings is 1. The number of Topliss-reactive ketones (excluding diaryl/α,β-unsaturated/α-hetero) is 1. The van der Waals surface area contributed by atoms with Crippen molar-refractivity contribution < 1.29 is 13.9 Å². The summed E-state index contributed by atoms with van der Waals surface area (Å²) in [4.78, 5) is 13.8. The summed E-state index contributed by atoms with van der Waals surface area (Å²) < 4.78 is 18.5. The number of carbonyl (C=O) groups excluding carboxylic acids is 1. The van der Waals surface area contributed by atoms with Crippen LogP contribution in [0.1, 0.15) is 5.56 Å². The second-order valence-corrected chi connectivity index (χ2v) is 4.20. The van der Waals surface area contributed by atoms with E-state index in [-0.39, 0.29) is 30.4 Å². The van der Waals surface area contributed by atoms with Crippen molar-refractivity contribution in [3.63, 3.8) is 0 Å². The maximum Gasteiger partial charge on any atom is 0.151 e. The van der Waals surface area contributed by atoms with E-state index >= 15 is 0 Å². The van der Waals surface area contributed by atoms with E-state index in [1.807, 2.05) is 4.90 Å². The molecule has 100 valence electrons. The van der Waals surface area contributed by atoms with E-state index < -0.39 is 0 Å². The number of hydrogen-bond donors (Lipinski definition) is 0. The summed E-state index contributed by atoms with van der Waals surface area (Å²) in [5.41, 5.74) is 0.478. The molecule has 5 heteroatoms. The largest absolute Gasteiger partial charge is 0.379 e. The van der Waals surface area contributed by atoms with Crippen LogP contribution in [0.15, 0.2) is 24.3 Å². The lowest BCUT2D eigenvalue weighted by molar-refractivity contribution is -0.120.